The van der Waals surface area contributed by atoms with Gasteiger partial charge in [-0.25, -0.2) is 33.0 Å². The van der Waals surface area contributed by atoms with E-state index in [0.29, 0.717) is 0 Å². The Kier molecular flexibility index (Phi) is 7.12. The number of halogens is 1. The number of ether oxygens (including phenoxy) is 1. The first kappa shape index (κ1) is 26.2. The van der Waals surface area contributed by atoms with Gasteiger partial charge >= 0.3 is 23.5 Å². The quantitative estimate of drug-likeness (QED) is 0.182. The summed E-state index contributed by atoms with van der Waals surface area (Å²) in [4.78, 5) is 47.5. The number of hydrogen-bond donors (Lipinski definition) is 7. The van der Waals surface area contributed by atoms with Crippen LogP contribution in [0.1, 0.15) is 6.23 Å². The minimum Gasteiger partial charge on any atom is -0.387 e. The maximum atomic E-state index is 15.0. The first-order valence-electron chi connectivity index (χ1n) is 8.51. The molecule has 3 rings (SSSR count). The standard InChI is InChI=1S/C11H18FN6O12P3/c12-5-7(19)11(1-13,2-27-32(23,24)30-33(25,26)29-31(20,21)22)28-10(5)18-4-17-6-8(14)15-3-16-9(6)18/h3-5,7,10,19H,1-2,13H2,(H,23,24)(H,25,26)(H2,14,15,16)(H2,20,21,22). The summed E-state index contributed by atoms with van der Waals surface area (Å²) in [6.45, 7) is -1.86. The second kappa shape index (κ2) is 8.98. The Balaban J connectivity index is 1.80. The third kappa shape index (κ3) is 5.63. The van der Waals surface area contributed by atoms with Crippen LogP contribution in [0.2, 0.25) is 0 Å². The number of alkyl halides is 1. The summed E-state index contributed by atoms with van der Waals surface area (Å²) in [6, 6.07) is 0. The van der Waals surface area contributed by atoms with Crippen LogP contribution in [-0.2, 0) is 31.6 Å². The molecule has 9 N–H and O–H groups in total. The van der Waals surface area contributed by atoms with Crippen LogP contribution in [0.3, 0.4) is 0 Å². The maximum Gasteiger partial charge on any atom is 0.490 e. The molecule has 33 heavy (non-hydrogen) atoms. The Bertz CT molecular complexity index is 1180. The van der Waals surface area contributed by atoms with Crippen LogP contribution in [0, 0.1) is 0 Å². The molecule has 1 saturated heterocycles. The highest BCUT2D eigenvalue weighted by molar-refractivity contribution is 7.66. The predicted octanol–water partition coefficient (Wildman–Crippen LogP) is -1.32. The van der Waals surface area contributed by atoms with Gasteiger partial charge in [0.15, 0.2) is 23.9 Å². The van der Waals surface area contributed by atoms with E-state index in [1.807, 2.05) is 0 Å². The fourth-order valence-electron chi connectivity index (χ4n) is 2.93. The van der Waals surface area contributed by atoms with Crippen LogP contribution in [0.4, 0.5) is 10.2 Å². The average Bonchev–Trinajstić information content (AvgIpc) is 3.19. The first-order valence-corrected chi connectivity index (χ1v) is 13.0. The Hall–Kier alpha value is -1.43. The molecular formula is C11H18FN6O12P3. The number of anilines is 1. The third-order valence-corrected chi connectivity index (χ3v) is 8.15. The highest BCUT2D eigenvalue weighted by Gasteiger charge is 2.57. The molecule has 2 aromatic heterocycles. The lowest BCUT2D eigenvalue weighted by Crippen LogP contribution is -2.51. The van der Waals surface area contributed by atoms with Crippen molar-refractivity contribution in [3.8, 4) is 0 Å². The molecule has 6 unspecified atom stereocenters. The van der Waals surface area contributed by atoms with Gasteiger partial charge in [-0.3, -0.25) is 9.09 Å². The molecule has 0 radical (unpaired) electrons. The minimum absolute atomic E-state index is 0.0227. The SMILES string of the molecule is NCC1(COP(=O)(O)OP(=O)(O)OP(=O)(O)O)OC(n2cnc3c(N)ncnc32)C(F)C1O. The number of nitrogens with two attached hydrogens (primary N) is 2. The van der Waals surface area contributed by atoms with Crippen LogP contribution in [0.5, 0.6) is 0 Å². The van der Waals surface area contributed by atoms with Crippen molar-refractivity contribution in [1.82, 2.24) is 19.5 Å². The van der Waals surface area contributed by atoms with E-state index in [2.05, 4.69) is 28.1 Å². The van der Waals surface area contributed by atoms with E-state index in [0.717, 1.165) is 17.2 Å². The van der Waals surface area contributed by atoms with Crippen molar-refractivity contribution in [2.75, 3.05) is 18.9 Å². The number of nitrogen functional groups attached to an aromatic ring is 1. The van der Waals surface area contributed by atoms with E-state index < -0.39 is 60.7 Å². The third-order valence-electron chi connectivity index (χ3n) is 4.36. The summed E-state index contributed by atoms with van der Waals surface area (Å²) in [5, 5.41) is 10.4. The number of aliphatic hydroxyl groups excluding tert-OH is 1. The minimum atomic E-state index is -5.79. The van der Waals surface area contributed by atoms with E-state index in [1.54, 1.807) is 0 Å². The Morgan fingerprint density at radius 2 is 1.82 bits per heavy atom. The van der Waals surface area contributed by atoms with Gasteiger partial charge in [-0.15, -0.1) is 0 Å². The highest BCUT2D eigenvalue weighted by atomic mass is 31.3. The van der Waals surface area contributed by atoms with E-state index in [4.69, 9.17) is 26.0 Å². The first-order chi connectivity index (χ1) is 15.1. The number of fused-ring (bicyclic) bond motifs is 1. The zero-order valence-corrected chi connectivity index (χ0v) is 18.7. The largest absolute Gasteiger partial charge is 0.490 e. The lowest BCUT2D eigenvalue weighted by molar-refractivity contribution is -0.118. The summed E-state index contributed by atoms with van der Waals surface area (Å²) in [5.74, 6) is -0.0227. The summed E-state index contributed by atoms with van der Waals surface area (Å²) in [7, 11) is -17.0. The number of imidazole rings is 1. The topological polar surface area (TPSA) is 285 Å². The molecule has 186 valence electrons. The van der Waals surface area contributed by atoms with Gasteiger partial charge in [0, 0.05) is 6.54 Å². The molecule has 0 spiro atoms. The lowest BCUT2D eigenvalue weighted by atomic mass is 9.97. The number of aliphatic hydroxyl groups is 1. The molecule has 3 heterocycles. The smallest absolute Gasteiger partial charge is 0.387 e. The number of rotatable bonds is 9. The predicted molar refractivity (Wildman–Crippen MR) is 102 cm³/mol. The van der Waals surface area contributed by atoms with Crippen molar-refractivity contribution in [1.29, 1.82) is 0 Å². The van der Waals surface area contributed by atoms with Gasteiger partial charge in [0.1, 0.15) is 23.5 Å². The Morgan fingerprint density at radius 3 is 2.42 bits per heavy atom. The fourth-order valence-corrected chi connectivity index (χ4v) is 6.01. The summed E-state index contributed by atoms with van der Waals surface area (Å²) in [5.41, 5.74) is 9.17. The van der Waals surface area contributed by atoms with E-state index >= 15 is 0 Å². The van der Waals surface area contributed by atoms with Crippen LogP contribution in [0.25, 0.3) is 11.2 Å². The molecule has 0 bridgehead atoms. The Labute approximate surface area is 182 Å². The van der Waals surface area contributed by atoms with Gasteiger partial charge in [-0.1, -0.05) is 0 Å². The summed E-state index contributed by atoms with van der Waals surface area (Å²) < 4.78 is 67.2. The van der Waals surface area contributed by atoms with Crippen molar-refractivity contribution in [3.63, 3.8) is 0 Å². The second-order valence-electron chi connectivity index (χ2n) is 6.61. The monoisotopic (exact) mass is 538 g/mol. The summed E-state index contributed by atoms with van der Waals surface area (Å²) in [6.07, 6.45) is -3.72. The lowest BCUT2D eigenvalue weighted by Gasteiger charge is -2.30. The van der Waals surface area contributed by atoms with Gasteiger partial charge in [-0.05, 0) is 0 Å². The van der Waals surface area contributed by atoms with Gasteiger partial charge in [-0.2, -0.15) is 8.62 Å². The number of aromatic nitrogens is 4. The highest BCUT2D eigenvalue weighted by Crippen LogP contribution is 2.66. The Morgan fingerprint density at radius 1 is 1.15 bits per heavy atom. The van der Waals surface area contributed by atoms with Gasteiger partial charge in [0.25, 0.3) is 0 Å². The van der Waals surface area contributed by atoms with Gasteiger partial charge in [0.2, 0.25) is 0 Å². The molecule has 0 saturated carbocycles. The number of phosphoric ester groups is 1. The number of hydrogen-bond acceptors (Lipinski definition) is 13. The van der Waals surface area contributed by atoms with Crippen LogP contribution in [-0.4, -0.2) is 75.2 Å². The zero-order valence-electron chi connectivity index (χ0n) is 16.1. The normalized spacial score (nSPS) is 29.7. The molecule has 0 amide bonds. The van der Waals surface area contributed by atoms with Crippen molar-refractivity contribution >= 4 is 40.4 Å². The molecule has 0 aromatic carbocycles. The molecule has 6 atom stereocenters. The molecular weight excluding hydrogens is 520 g/mol. The average molecular weight is 538 g/mol. The van der Waals surface area contributed by atoms with Crippen molar-refractivity contribution in [2.45, 2.75) is 24.1 Å². The van der Waals surface area contributed by atoms with E-state index in [-0.39, 0.29) is 17.0 Å². The molecule has 22 heteroatoms. The van der Waals surface area contributed by atoms with Crippen molar-refractivity contribution in [2.24, 2.45) is 5.73 Å². The molecule has 1 fully saturated rings. The molecule has 1 aliphatic rings. The molecule has 0 aliphatic carbocycles. The van der Waals surface area contributed by atoms with Gasteiger partial charge < -0.3 is 40.9 Å². The zero-order chi connectivity index (χ0) is 24.8. The number of nitrogens with zero attached hydrogens (tertiary/aromatic N) is 4. The molecule has 18 nitrogen and oxygen atoms in total. The van der Waals surface area contributed by atoms with Gasteiger partial charge in [0.05, 0.1) is 12.9 Å². The van der Waals surface area contributed by atoms with E-state index in [1.165, 1.54) is 0 Å². The van der Waals surface area contributed by atoms with Crippen LogP contribution >= 0.6 is 23.5 Å². The maximum absolute atomic E-state index is 15.0. The van der Waals surface area contributed by atoms with Crippen LogP contribution < -0.4 is 11.5 Å². The molecule has 2 aromatic rings. The summed E-state index contributed by atoms with van der Waals surface area (Å²) >= 11 is 0. The van der Waals surface area contributed by atoms with Crippen molar-refractivity contribution < 1.29 is 60.6 Å². The van der Waals surface area contributed by atoms with Crippen LogP contribution in [0.15, 0.2) is 12.7 Å². The van der Waals surface area contributed by atoms with Crippen molar-refractivity contribution in [3.05, 3.63) is 12.7 Å². The number of phosphoric acid groups is 3. The fraction of sp³-hybridized carbons (Fsp3) is 0.545. The molecule has 1 aliphatic heterocycles. The second-order valence-corrected chi connectivity index (χ2v) is 11.0. The van der Waals surface area contributed by atoms with E-state index in [9.17, 15) is 33.0 Å².